The maximum Gasteiger partial charge on any atom is 0.413 e. The van der Waals surface area contributed by atoms with Crippen molar-refractivity contribution in [1.82, 2.24) is 10.3 Å². The number of nitrogens with zero attached hydrogens (tertiary/aromatic N) is 1. The summed E-state index contributed by atoms with van der Waals surface area (Å²) >= 11 is 5.43. The molecule has 1 rings (SSSR count). The molecule has 0 aliphatic carbocycles. The molecule has 1 aromatic rings. The van der Waals surface area contributed by atoms with E-state index >= 15 is 0 Å². The van der Waals surface area contributed by atoms with Gasteiger partial charge in [0.05, 0.1) is 0 Å². The quantitative estimate of drug-likeness (QED) is 0.776. The van der Waals surface area contributed by atoms with Gasteiger partial charge >= 0.3 is 6.09 Å². The first-order valence-corrected chi connectivity index (χ1v) is 4.97. The molecule has 0 spiro atoms. The Hall–Kier alpha value is -1.36. The summed E-state index contributed by atoms with van der Waals surface area (Å²) in [6.07, 6.45) is 0.513. The third-order valence-corrected chi connectivity index (χ3v) is 1.75. The van der Waals surface area contributed by atoms with Crippen LogP contribution < -0.4 is 10.1 Å². The number of amides is 1. The van der Waals surface area contributed by atoms with Crippen molar-refractivity contribution in [3.05, 3.63) is 23.2 Å². The predicted molar refractivity (Wildman–Crippen MR) is 58.1 cm³/mol. The second-order valence-electron chi connectivity index (χ2n) is 4.18. The zero-order valence-corrected chi connectivity index (χ0v) is 9.93. The fourth-order valence-corrected chi connectivity index (χ4v) is 1.06. The van der Waals surface area contributed by atoms with E-state index in [9.17, 15) is 9.18 Å². The van der Waals surface area contributed by atoms with Crippen molar-refractivity contribution in [2.24, 2.45) is 0 Å². The molecule has 0 saturated carbocycles. The Morgan fingerprint density at radius 3 is 2.75 bits per heavy atom. The highest BCUT2D eigenvalue weighted by molar-refractivity contribution is 6.29. The number of hydrogen-bond acceptors (Lipinski definition) is 3. The molecule has 0 aliphatic heterocycles. The Morgan fingerprint density at radius 1 is 1.56 bits per heavy atom. The predicted octanol–water partition coefficient (Wildman–Crippen LogP) is 2.76. The van der Waals surface area contributed by atoms with Crippen molar-refractivity contribution < 1.29 is 13.9 Å². The van der Waals surface area contributed by atoms with Crippen LogP contribution in [0, 0.1) is 5.82 Å². The molecule has 6 heteroatoms. The molecule has 0 fully saturated rings. The number of rotatable bonds is 1. The largest absolute Gasteiger partial charge is 0.413 e. The normalized spacial score (nSPS) is 11.1. The van der Waals surface area contributed by atoms with Crippen LogP contribution in [0.5, 0.6) is 5.75 Å². The zero-order valence-electron chi connectivity index (χ0n) is 9.17. The summed E-state index contributed by atoms with van der Waals surface area (Å²) < 4.78 is 18.0. The number of carbonyl (C=O) groups excluding carboxylic acids is 1. The van der Waals surface area contributed by atoms with Crippen molar-refractivity contribution in [2.75, 3.05) is 0 Å². The topological polar surface area (TPSA) is 51.2 Å². The molecule has 1 heterocycles. The summed E-state index contributed by atoms with van der Waals surface area (Å²) in [5.74, 6) is -1.10. The maximum atomic E-state index is 13.3. The van der Waals surface area contributed by atoms with Gasteiger partial charge in [-0.15, -0.1) is 0 Å². The second-order valence-corrected chi connectivity index (χ2v) is 4.54. The average Bonchev–Trinajstić information content (AvgIpc) is 2.09. The molecule has 0 aromatic carbocycles. The van der Waals surface area contributed by atoms with Crippen molar-refractivity contribution in [3.8, 4) is 5.75 Å². The Kier molecular flexibility index (Phi) is 3.70. The summed E-state index contributed by atoms with van der Waals surface area (Å²) in [5.41, 5.74) is -0.454. The molecule has 4 nitrogen and oxygen atoms in total. The minimum absolute atomic E-state index is 0.248. The van der Waals surface area contributed by atoms with Crippen LogP contribution >= 0.6 is 11.6 Å². The highest BCUT2D eigenvalue weighted by Gasteiger charge is 2.17. The van der Waals surface area contributed by atoms with Crippen LogP contribution in [0.3, 0.4) is 0 Å². The van der Waals surface area contributed by atoms with E-state index in [1.165, 1.54) is 12.3 Å². The molecule has 0 radical (unpaired) electrons. The Labute approximate surface area is 97.8 Å². The van der Waals surface area contributed by atoms with Crippen molar-refractivity contribution in [3.63, 3.8) is 0 Å². The highest BCUT2D eigenvalue weighted by Crippen LogP contribution is 2.21. The van der Waals surface area contributed by atoms with Gasteiger partial charge in [-0.1, -0.05) is 11.6 Å². The summed E-state index contributed by atoms with van der Waals surface area (Å²) in [5, 5.41) is 2.19. The van der Waals surface area contributed by atoms with Crippen LogP contribution in [-0.2, 0) is 0 Å². The fraction of sp³-hybridized carbons (Fsp3) is 0.400. The highest BCUT2D eigenvalue weighted by atomic mass is 35.5. The third-order valence-electron chi connectivity index (χ3n) is 1.49. The van der Waals surface area contributed by atoms with E-state index < -0.39 is 17.4 Å². The molecule has 0 atom stereocenters. The van der Waals surface area contributed by atoms with Crippen LogP contribution in [-0.4, -0.2) is 16.6 Å². The number of hydrogen-bond donors (Lipinski definition) is 1. The van der Waals surface area contributed by atoms with E-state index in [1.807, 2.05) is 0 Å². The lowest BCUT2D eigenvalue weighted by atomic mass is 10.1. The molecular formula is C10H12ClFN2O2. The summed E-state index contributed by atoms with van der Waals surface area (Å²) in [7, 11) is 0. The molecule has 1 aromatic heterocycles. The van der Waals surface area contributed by atoms with Crippen LogP contribution in [0.25, 0.3) is 0 Å². The smallest absolute Gasteiger partial charge is 0.407 e. The first kappa shape index (κ1) is 12.7. The minimum atomic E-state index is -0.853. The SMILES string of the molecule is CC(C)(C)NC(=O)Oc1ccnc(Cl)c1F. The monoisotopic (exact) mass is 246 g/mol. The minimum Gasteiger partial charge on any atom is -0.407 e. The van der Waals surface area contributed by atoms with Gasteiger partial charge in [0, 0.05) is 17.8 Å². The van der Waals surface area contributed by atoms with Crippen LogP contribution in [0.1, 0.15) is 20.8 Å². The number of aromatic nitrogens is 1. The van der Waals surface area contributed by atoms with E-state index in [2.05, 4.69) is 10.3 Å². The lowest BCUT2D eigenvalue weighted by Crippen LogP contribution is -2.42. The third kappa shape index (κ3) is 3.66. The molecular weight excluding hydrogens is 235 g/mol. The standard InChI is InChI=1S/C10H12ClFN2O2/c1-10(2,3)14-9(15)16-6-4-5-13-8(11)7(6)12/h4-5H,1-3H3,(H,14,15). The Bertz CT molecular complexity index is 404. The van der Waals surface area contributed by atoms with Gasteiger partial charge in [0.1, 0.15) is 0 Å². The van der Waals surface area contributed by atoms with E-state index in [4.69, 9.17) is 16.3 Å². The van der Waals surface area contributed by atoms with Gasteiger partial charge in [-0.05, 0) is 20.8 Å². The van der Waals surface area contributed by atoms with Crippen molar-refractivity contribution >= 4 is 17.7 Å². The van der Waals surface area contributed by atoms with Gasteiger partial charge in [-0.25, -0.2) is 9.78 Å². The molecule has 0 aliphatic rings. The maximum absolute atomic E-state index is 13.3. The summed E-state index contributed by atoms with van der Waals surface area (Å²) in [6.45, 7) is 5.35. The number of halogens is 2. The number of pyridine rings is 1. The number of nitrogens with one attached hydrogen (secondary N) is 1. The molecule has 88 valence electrons. The number of carbonyl (C=O) groups is 1. The van der Waals surface area contributed by atoms with Gasteiger partial charge in [-0.3, -0.25) is 0 Å². The molecule has 1 amide bonds. The Balaban J connectivity index is 2.74. The molecule has 16 heavy (non-hydrogen) atoms. The summed E-state index contributed by atoms with van der Waals surface area (Å²) in [6, 6.07) is 1.23. The van der Waals surface area contributed by atoms with Gasteiger partial charge in [-0.2, -0.15) is 4.39 Å². The van der Waals surface area contributed by atoms with Crippen LogP contribution in [0.15, 0.2) is 12.3 Å². The molecule has 0 bridgehead atoms. The van der Waals surface area contributed by atoms with E-state index in [1.54, 1.807) is 20.8 Å². The van der Waals surface area contributed by atoms with E-state index in [0.717, 1.165) is 0 Å². The lowest BCUT2D eigenvalue weighted by molar-refractivity contribution is 0.188. The van der Waals surface area contributed by atoms with Gasteiger partial charge in [0.2, 0.25) is 5.82 Å². The van der Waals surface area contributed by atoms with Gasteiger partial charge in [0.25, 0.3) is 0 Å². The molecule has 1 N–H and O–H groups in total. The molecule has 0 unspecified atom stereocenters. The first-order chi connectivity index (χ1) is 7.29. The summed E-state index contributed by atoms with van der Waals surface area (Å²) in [4.78, 5) is 14.8. The second kappa shape index (κ2) is 4.65. The van der Waals surface area contributed by atoms with Gasteiger partial charge in [0.15, 0.2) is 10.9 Å². The lowest BCUT2D eigenvalue weighted by Gasteiger charge is -2.19. The first-order valence-electron chi connectivity index (χ1n) is 4.59. The van der Waals surface area contributed by atoms with Crippen molar-refractivity contribution in [1.29, 1.82) is 0 Å². The average molecular weight is 247 g/mol. The van der Waals surface area contributed by atoms with Gasteiger partial charge < -0.3 is 10.1 Å². The fourth-order valence-electron chi connectivity index (χ4n) is 0.912. The van der Waals surface area contributed by atoms with E-state index in [0.29, 0.717) is 0 Å². The van der Waals surface area contributed by atoms with Crippen molar-refractivity contribution in [2.45, 2.75) is 26.3 Å². The number of ether oxygens (including phenoxy) is 1. The molecule has 0 saturated heterocycles. The zero-order chi connectivity index (χ0) is 12.3. The Morgan fingerprint density at radius 2 is 2.19 bits per heavy atom. The van der Waals surface area contributed by atoms with Crippen LogP contribution in [0.4, 0.5) is 9.18 Å². The van der Waals surface area contributed by atoms with E-state index in [-0.39, 0.29) is 10.9 Å². The van der Waals surface area contributed by atoms with Crippen LogP contribution in [0.2, 0.25) is 5.15 Å².